The van der Waals surface area contributed by atoms with Crippen LogP contribution in [0.2, 0.25) is 0 Å². The number of ether oxygens (including phenoxy) is 2. The summed E-state index contributed by atoms with van der Waals surface area (Å²) in [5, 5.41) is 0. The molecule has 0 aliphatic heterocycles. The molecule has 0 spiro atoms. The van der Waals surface area contributed by atoms with E-state index in [1.807, 2.05) is 13.8 Å². The number of rotatable bonds is 7. The first-order chi connectivity index (χ1) is 9.80. The summed E-state index contributed by atoms with van der Waals surface area (Å²) in [6, 6.07) is 5.03. The molecule has 0 aliphatic rings. The van der Waals surface area contributed by atoms with Crippen LogP contribution in [-0.4, -0.2) is 34.6 Å². The molecule has 1 rings (SSSR count). The lowest BCUT2D eigenvalue weighted by atomic mass is 10.1. The van der Waals surface area contributed by atoms with Crippen molar-refractivity contribution < 1.29 is 22.7 Å². The minimum atomic E-state index is -3.79. The second-order valence-electron chi connectivity index (χ2n) is 5.00. The molecule has 0 saturated heterocycles. The highest BCUT2D eigenvalue weighted by molar-refractivity contribution is 7.89. The Morgan fingerprint density at radius 2 is 1.76 bits per heavy atom. The monoisotopic (exact) mass is 315 g/mol. The molecule has 6 nitrogen and oxygen atoms in total. The summed E-state index contributed by atoms with van der Waals surface area (Å²) in [6.45, 7) is 3.80. The Kier molecular flexibility index (Phi) is 6.17. The average molecular weight is 315 g/mol. The summed E-state index contributed by atoms with van der Waals surface area (Å²) in [5.41, 5.74) is 0. The van der Waals surface area contributed by atoms with Gasteiger partial charge in [0.1, 0.15) is 11.8 Å². The molecular formula is C14H21NO5S. The van der Waals surface area contributed by atoms with Crippen LogP contribution in [0.1, 0.15) is 20.3 Å². The standard InChI is InChI=1S/C14H21NO5S/c1-10(2)9-13(14(16)20-4)15-21(17,18)12-7-5-11(19-3)6-8-12/h5-8,10,13,15H,9H2,1-4H3/t13-/m1/s1. The molecule has 0 radical (unpaired) electrons. The van der Waals surface area contributed by atoms with E-state index in [0.717, 1.165) is 0 Å². The van der Waals surface area contributed by atoms with Crippen LogP contribution >= 0.6 is 0 Å². The van der Waals surface area contributed by atoms with Crippen molar-refractivity contribution in [1.82, 2.24) is 4.72 Å². The molecule has 7 heteroatoms. The molecule has 1 atom stereocenters. The van der Waals surface area contributed by atoms with E-state index in [9.17, 15) is 13.2 Å². The van der Waals surface area contributed by atoms with Gasteiger partial charge in [0.15, 0.2) is 0 Å². The molecular weight excluding hydrogens is 294 g/mol. The van der Waals surface area contributed by atoms with E-state index in [0.29, 0.717) is 12.2 Å². The number of esters is 1. The lowest BCUT2D eigenvalue weighted by Gasteiger charge is -2.18. The Hall–Kier alpha value is -1.60. The van der Waals surface area contributed by atoms with Crippen LogP contribution in [0.3, 0.4) is 0 Å². The SMILES string of the molecule is COC(=O)[C@@H](CC(C)C)NS(=O)(=O)c1ccc(OC)cc1. The number of carbonyl (C=O) groups is 1. The Morgan fingerprint density at radius 1 is 1.19 bits per heavy atom. The smallest absolute Gasteiger partial charge is 0.323 e. The molecule has 0 unspecified atom stereocenters. The first-order valence-corrected chi connectivity index (χ1v) is 8.02. The van der Waals surface area contributed by atoms with Crippen molar-refractivity contribution in [3.8, 4) is 5.75 Å². The van der Waals surface area contributed by atoms with Gasteiger partial charge in [-0.1, -0.05) is 13.8 Å². The van der Waals surface area contributed by atoms with E-state index >= 15 is 0 Å². The van der Waals surface area contributed by atoms with Gasteiger partial charge < -0.3 is 9.47 Å². The molecule has 1 aromatic carbocycles. The van der Waals surface area contributed by atoms with E-state index < -0.39 is 22.0 Å². The summed E-state index contributed by atoms with van der Waals surface area (Å²) in [5.74, 6) is 0.106. The van der Waals surface area contributed by atoms with Crippen molar-refractivity contribution in [3.63, 3.8) is 0 Å². The lowest BCUT2D eigenvalue weighted by molar-refractivity contribution is -0.143. The predicted molar refractivity (Wildman–Crippen MR) is 78.6 cm³/mol. The van der Waals surface area contributed by atoms with Gasteiger partial charge in [0.05, 0.1) is 19.1 Å². The van der Waals surface area contributed by atoms with Gasteiger partial charge in [-0.2, -0.15) is 4.72 Å². The van der Waals surface area contributed by atoms with E-state index in [-0.39, 0.29) is 10.8 Å². The minimum absolute atomic E-state index is 0.0703. The van der Waals surface area contributed by atoms with Crippen molar-refractivity contribution in [3.05, 3.63) is 24.3 Å². The van der Waals surface area contributed by atoms with Gasteiger partial charge in [0, 0.05) is 0 Å². The summed E-state index contributed by atoms with van der Waals surface area (Å²) in [7, 11) is -1.06. The number of hydrogen-bond acceptors (Lipinski definition) is 5. The molecule has 0 aromatic heterocycles. The second kappa shape index (κ2) is 7.42. The molecule has 1 N–H and O–H groups in total. The topological polar surface area (TPSA) is 81.7 Å². The van der Waals surface area contributed by atoms with Crippen LogP contribution in [0.4, 0.5) is 0 Å². The zero-order chi connectivity index (χ0) is 16.0. The number of sulfonamides is 1. The fourth-order valence-corrected chi connectivity index (χ4v) is 3.01. The Labute approximate surface area is 125 Å². The number of methoxy groups -OCH3 is 2. The van der Waals surface area contributed by atoms with Gasteiger partial charge in [-0.05, 0) is 36.6 Å². The molecule has 0 amide bonds. The lowest BCUT2D eigenvalue weighted by Crippen LogP contribution is -2.42. The molecule has 0 saturated carbocycles. The van der Waals surface area contributed by atoms with Gasteiger partial charge >= 0.3 is 5.97 Å². The molecule has 0 aliphatic carbocycles. The van der Waals surface area contributed by atoms with Crippen LogP contribution < -0.4 is 9.46 Å². The first kappa shape index (κ1) is 17.5. The van der Waals surface area contributed by atoms with E-state index in [1.54, 1.807) is 12.1 Å². The summed E-state index contributed by atoms with van der Waals surface area (Å²) in [4.78, 5) is 11.8. The van der Waals surface area contributed by atoms with E-state index in [4.69, 9.17) is 4.74 Å². The van der Waals surface area contributed by atoms with Crippen LogP contribution in [0.5, 0.6) is 5.75 Å². The summed E-state index contributed by atoms with van der Waals surface area (Å²) >= 11 is 0. The van der Waals surface area contributed by atoms with Crippen LogP contribution in [0.15, 0.2) is 29.2 Å². The molecule has 0 heterocycles. The second-order valence-corrected chi connectivity index (χ2v) is 6.72. The predicted octanol–water partition coefficient (Wildman–Crippen LogP) is 1.56. The van der Waals surface area contributed by atoms with E-state index in [1.165, 1.54) is 26.4 Å². The van der Waals surface area contributed by atoms with Crippen LogP contribution in [-0.2, 0) is 19.6 Å². The molecule has 21 heavy (non-hydrogen) atoms. The first-order valence-electron chi connectivity index (χ1n) is 6.54. The van der Waals surface area contributed by atoms with Crippen molar-refractivity contribution in [2.45, 2.75) is 31.2 Å². The molecule has 118 valence electrons. The molecule has 1 aromatic rings. The number of nitrogens with one attached hydrogen (secondary N) is 1. The number of carbonyl (C=O) groups excluding carboxylic acids is 1. The highest BCUT2D eigenvalue weighted by Gasteiger charge is 2.27. The highest BCUT2D eigenvalue weighted by Crippen LogP contribution is 2.17. The van der Waals surface area contributed by atoms with Gasteiger partial charge in [0.2, 0.25) is 10.0 Å². The maximum Gasteiger partial charge on any atom is 0.323 e. The van der Waals surface area contributed by atoms with Gasteiger partial charge in [-0.25, -0.2) is 8.42 Å². The number of hydrogen-bond donors (Lipinski definition) is 1. The Bertz CT molecular complexity index is 566. The Morgan fingerprint density at radius 3 is 2.19 bits per heavy atom. The highest BCUT2D eigenvalue weighted by atomic mass is 32.2. The van der Waals surface area contributed by atoms with Crippen LogP contribution in [0, 0.1) is 5.92 Å². The van der Waals surface area contributed by atoms with Gasteiger partial charge in [0.25, 0.3) is 0 Å². The fraction of sp³-hybridized carbons (Fsp3) is 0.500. The summed E-state index contributed by atoms with van der Waals surface area (Å²) in [6.07, 6.45) is 0.363. The minimum Gasteiger partial charge on any atom is -0.497 e. The average Bonchev–Trinajstić information content (AvgIpc) is 2.45. The normalized spacial score (nSPS) is 13.0. The maximum absolute atomic E-state index is 12.3. The third-order valence-electron chi connectivity index (χ3n) is 2.86. The van der Waals surface area contributed by atoms with Crippen molar-refractivity contribution in [2.75, 3.05) is 14.2 Å². The Balaban J connectivity index is 2.96. The van der Waals surface area contributed by atoms with Crippen LogP contribution in [0.25, 0.3) is 0 Å². The summed E-state index contributed by atoms with van der Waals surface area (Å²) < 4.78 is 36.6. The largest absolute Gasteiger partial charge is 0.497 e. The van der Waals surface area contributed by atoms with Crippen molar-refractivity contribution >= 4 is 16.0 Å². The zero-order valence-corrected chi connectivity index (χ0v) is 13.4. The van der Waals surface area contributed by atoms with Gasteiger partial charge in [-0.15, -0.1) is 0 Å². The maximum atomic E-state index is 12.3. The molecule has 0 fully saturated rings. The third-order valence-corrected chi connectivity index (χ3v) is 4.35. The van der Waals surface area contributed by atoms with Crippen molar-refractivity contribution in [1.29, 1.82) is 0 Å². The van der Waals surface area contributed by atoms with Crippen molar-refractivity contribution in [2.24, 2.45) is 5.92 Å². The number of benzene rings is 1. The quantitative estimate of drug-likeness (QED) is 0.772. The third kappa shape index (κ3) is 5.02. The zero-order valence-electron chi connectivity index (χ0n) is 12.6. The fourth-order valence-electron chi connectivity index (χ4n) is 1.82. The van der Waals surface area contributed by atoms with Gasteiger partial charge in [-0.3, -0.25) is 4.79 Å². The van der Waals surface area contributed by atoms with E-state index in [2.05, 4.69) is 9.46 Å². The molecule has 0 bridgehead atoms.